The van der Waals surface area contributed by atoms with Crippen molar-refractivity contribution in [2.24, 2.45) is 0 Å². The van der Waals surface area contributed by atoms with Crippen molar-refractivity contribution in [3.8, 4) is 5.75 Å². The Balaban J connectivity index is 3.35. The van der Waals surface area contributed by atoms with Gasteiger partial charge in [0, 0.05) is 0 Å². The lowest BCUT2D eigenvalue weighted by atomic mass is 10.1. The van der Waals surface area contributed by atoms with Crippen LogP contribution in [0.15, 0.2) is 16.6 Å². The van der Waals surface area contributed by atoms with Crippen LogP contribution in [0.1, 0.15) is 17.3 Å². The van der Waals surface area contributed by atoms with Crippen LogP contribution in [0.3, 0.4) is 0 Å². The van der Waals surface area contributed by atoms with Crippen molar-refractivity contribution >= 4 is 21.7 Å². The van der Waals surface area contributed by atoms with Gasteiger partial charge < -0.3 is 4.74 Å². The number of ether oxygens (including phenoxy) is 1. The Morgan fingerprint density at radius 2 is 1.94 bits per heavy atom. The summed E-state index contributed by atoms with van der Waals surface area (Å²) in [7, 11) is 0. The van der Waals surface area contributed by atoms with Crippen LogP contribution in [-0.2, 0) is 0 Å². The number of benzene rings is 1. The standard InChI is InChI=1S/C9H5BrF4O2/c1-4(15)7-6(11)3-2-5(10)8(7)16-9(12,13)14/h2-3H,1H3. The van der Waals surface area contributed by atoms with Gasteiger partial charge in [-0.1, -0.05) is 0 Å². The van der Waals surface area contributed by atoms with Crippen LogP contribution in [0.2, 0.25) is 0 Å². The second-order valence-corrected chi connectivity index (χ2v) is 3.69. The zero-order valence-corrected chi connectivity index (χ0v) is 9.45. The lowest BCUT2D eigenvalue weighted by Crippen LogP contribution is -2.19. The summed E-state index contributed by atoms with van der Waals surface area (Å²) in [6.07, 6.45) is -4.99. The first-order chi connectivity index (χ1) is 7.22. The molecular formula is C9H5BrF4O2. The van der Waals surface area contributed by atoms with E-state index in [1.807, 2.05) is 0 Å². The summed E-state index contributed by atoms with van der Waals surface area (Å²) in [5, 5.41) is 0. The van der Waals surface area contributed by atoms with Crippen LogP contribution in [0.4, 0.5) is 17.6 Å². The molecule has 0 saturated heterocycles. The largest absolute Gasteiger partial charge is 0.573 e. The Bertz CT molecular complexity index is 428. The highest BCUT2D eigenvalue weighted by Crippen LogP contribution is 2.35. The average molecular weight is 301 g/mol. The van der Waals surface area contributed by atoms with Gasteiger partial charge in [0.15, 0.2) is 11.5 Å². The Morgan fingerprint density at radius 1 is 1.38 bits per heavy atom. The monoisotopic (exact) mass is 300 g/mol. The lowest BCUT2D eigenvalue weighted by molar-refractivity contribution is -0.275. The molecule has 0 spiro atoms. The number of hydrogen-bond donors (Lipinski definition) is 0. The van der Waals surface area contributed by atoms with Crippen molar-refractivity contribution in [3.05, 3.63) is 28.0 Å². The highest BCUT2D eigenvalue weighted by molar-refractivity contribution is 9.10. The van der Waals surface area contributed by atoms with Gasteiger partial charge in [-0.2, -0.15) is 0 Å². The van der Waals surface area contributed by atoms with Gasteiger partial charge in [-0.05, 0) is 35.0 Å². The van der Waals surface area contributed by atoms with Gasteiger partial charge >= 0.3 is 6.36 Å². The second kappa shape index (κ2) is 4.40. The first-order valence-electron chi connectivity index (χ1n) is 3.97. The summed E-state index contributed by atoms with van der Waals surface area (Å²) >= 11 is 2.76. The Hall–Kier alpha value is -1.11. The average Bonchev–Trinajstić information content (AvgIpc) is 2.08. The molecule has 0 saturated carbocycles. The molecule has 0 aliphatic rings. The molecule has 0 aromatic heterocycles. The second-order valence-electron chi connectivity index (χ2n) is 2.84. The molecule has 2 nitrogen and oxygen atoms in total. The first kappa shape index (κ1) is 13.0. The predicted octanol–water partition coefficient (Wildman–Crippen LogP) is 3.69. The fourth-order valence-electron chi connectivity index (χ4n) is 1.08. The maximum absolute atomic E-state index is 13.2. The minimum Gasteiger partial charge on any atom is -0.404 e. The minimum absolute atomic E-state index is 0.142. The molecule has 0 N–H and O–H groups in total. The Kier molecular flexibility index (Phi) is 3.57. The number of carbonyl (C=O) groups excluding carboxylic acids is 1. The summed E-state index contributed by atoms with van der Waals surface area (Å²) in [6, 6.07) is 1.91. The molecule has 7 heteroatoms. The lowest BCUT2D eigenvalue weighted by Gasteiger charge is -2.13. The number of hydrogen-bond acceptors (Lipinski definition) is 2. The van der Waals surface area contributed by atoms with E-state index in [9.17, 15) is 22.4 Å². The van der Waals surface area contributed by atoms with E-state index in [0.29, 0.717) is 0 Å². The van der Waals surface area contributed by atoms with Gasteiger partial charge in [-0.3, -0.25) is 4.79 Å². The van der Waals surface area contributed by atoms with Crippen LogP contribution < -0.4 is 4.74 Å². The summed E-state index contributed by atoms with van der Waals surface area (Å²) in [5.41, 5.74) is -0.730. The van der Waals surface area contributed by atoms with Gasteiger partial charge in [0.25, 0.3) is 0 Å². The fraction of sp³-hybridized carbons (Fsp3) is 0.222. The third-order valence-corrected chi connectivity index (χ3v) is 2.25. The van der Waals surface area contributed by atoms with Crippen LogP contribution in [0, 0.1) is 5.82 Å². The van der Waals surface area contributed by atoms with Gasteiger partial charge in [0.2, 0.25) is 0 Å². The number of ketones is 1. The van der Waals surface area contributed by atoms with E-state index in [1.54, 1.807) is 0 Å². The molecule has 16 heavy (non-hydrogen) atoms. The van der Waals surface area contributed by atoms with Gasteiger partial charge in [0.05, 0.1) is 10.0 Å². The molecule has 0 bridgehead atoms. The highest BCUT2D eigenvalue weighted by Gasteiger charge is 2.34. The molecular weight excluding hydrogens is 296 g/mol. The molecule has 88 valence electrons. The summed E-state index contributed by atoms with van der Waals surface area (Å²) < 4.78 is 52.7. The van der Waals surface area contributed by atoms with Crippen molar-refractivity contribution in [2.45, 2.75) is 13.3 Å². The topological polar surface area (TPSA) is 26.3 Å². The molecule has 0 unspecified atom stereocenters. The van der Waals surface area contributed by atoms with Crippen LogP contribution in [-0.4, -0.2) is 12.1 Å². The SMILES string of the molecule is CC(=O)c1c(F)ccc(Br)c1OC(F)(F)F. The quantitative estimate of drug-likeness (QED) is 0.615. The van der Waals surface area contributed by atoms with Crippen molar-refractivity contribution < 1.29 is 27.1 Å². The molecule has 0 heterocycles. The van der Waals surface area contributed by atoms with E-state index in [1.165, 1.54) is 0 Å². The van der Waals surface area contributed by atoms with Crippen molar-refractivity contribution in [2.75, 3.05) is 0 Å². The summed E-state index contributed by atoms with van der Waals surface area (Å²) in [5.74, 6) is -2.77. The highest BCUT2D eigenvalue weighted by atomic mass is 79.9. The molecule has 0 aliphatic heterocycles. The first-order valence-corrected chi connectivity index (χ1v) is 4.76. The normalized spacial score (nSPS) is 11.4. The number of Topliss-reactive ketones (excluding diaryl/α,β-unsaturated/α-hetero) is 1. The number of rotatable bonds is 2. The maximum Gasteiger partial charge on any atom is 0.573 e. The number of alkyl halides is 3. The fourth-order valence-corrected chi connectivity index (χ4v) is 1.49. The minimum atomic E-state index is -4.99. The third kappa shape index (κ3) is 2.94. The number of carbonyl (C=O) groups is 1. The van der Waals surface area contributed by atoms with E-state index < -0.39 is 29.3 Å². The molecule has 0 fully saturated rings. The zero-order chi connectivity index (χ0) is 12.5. The Morgan fingerprint density at radius 3 is 2.38 bits per heavy atom. The van der Waals surface area contributed by atoms with Crippen LogP contribution in [0.5, 0.6) is 5.75 Å². The van der Waals surface area contributed by atoms with Crippen LogP contribution >= 0.6 is 15.9 Å². The molecule has 0 radical (unpaired) electrons. The summed E-state index contributed by atoms with van der Waals surface area (Å²) in [4.78, 5) is 11.0. The van der Waals surface area contributed by atoms with E-state index in [0.717, 1.165) is 19.1 Å². The van der Waals surface area contributed by atoms with E-state index in [4.69, 9.17) is 0 Å². The molecule has 0 amide bonds. The smallest absolute Gasteiger partial charge is 0.404 e. The number of halogens is 5. The zero-order valence-electron chi connectivity index (χ0n) is 7.86. The summed E-state index contributed by atoms with van der Waals surface area (Å²) in [6.45, 7) is 0.952. The van der Waals surface area contributed by atoms with E-state index in [-0.39, 0.29) is 4.47 Å². The van der Waals surface area contributed by atoms with Gasteiger partial charge in [-0.25, -0.2) is 4.39 Å². The molecule has 1 rings (SSSR count). The molecule has 1 aromatic rings. The maximum atomic E-state index is 13.2. The van der Waals surface area contributed by atoms with E-state index in [2.05, 4.69) is 20.7 Å². The van der Waals surface area contributed by atoms with Crippen molar-refractivity contribution in [3.63, 3.8) is 0 Å². The van der Waals surface area contributed by atoms with Crippen molar-refractivity contribution in [1.29, 1.82) is 0 Å². The van der Waals surface area contributed by atoms with Gasteiger partial charge in [-0.15, -0.1) is 13.2 Å². The van der Waals surface area contributed by atoms with E-state index >= 15 is 0 Å². The van der Waals surface area contributed by atoms with Crippen molar-refractivity contribution in [1.82, 2.24) is 0 Å². The molecule has 1 aromatic carbocycles. The van der Waals surface area contributed by atoms with Crippen LogP contribution in [0.25, 0.3) is 0 Å². The molecule has 0 aliphatic carbocycles. The predicted molar refractivity (Wildman–Crippen MR) is 50.8 cm³/mol. The van der Waals surface area contributed by atoms with Gasteiger partial charge in [0.1, 0.15) is 5.82 Å². The third-order valence-electron chi connectivity index (χ3n) is 1.63. The Labute approximate surface area is 96.3 Å². The molecule has 0 atom stereocenters.